The highest BCUT2D eigenvalue weighted by Crippen LogP contribution is 2.27. The normalized spacial score (nSPS) is 10.9. The van der Waals surface area contributed by atoms with E-state index in [1.807, 2.05) is 6.07 Å². The van der Waals surface area contributed by atoms with Crippen LogP contribution in [0.4, 0.5) is 14.6 Å². The summed E-state index contributed by atoms with van der Waals surface area (Å²) in [6, 6.07) is 19.1. The first-order chi connectivity index (χ1) is 16.9. The number of pyridine rings is 1. The maximum atomic E-state index is 13.2. The lowest BCUT2D eigenvalue weighted by atomic mass is 10.1. The van der Waals surface area contributed by atoms with Crippen molar-refractivity contribution >= 4 is 29.3 Å². The Morgan fingerprint density at radius 2 is 1.83 bits per heavy atom. The minimum absolute atomic E-state index is 0.0128. The van der Waals surface area contributed by atoms with Gasteiger partial charge < -0.3 is 10.1 Å². The highest BCUT2D eigenvalue weighted by molar-refractivity contribution is 6.34. The van der Waals surface area contributed by atoms with Crippen LogP contribution in [0.2, 0.25) is 5.02 Å². The smallest absolute Gasteiger partial charge is 0.358 e. The Kier molecular flexibility index (Phi) is 7.17. The molecule has 0 bridgehead atoms. The zero-order valence-electron chi connectivity index (χ0n) is 18.4. The molecule has 0 radical (unpaired) electrons. The molecule has 0 fully saturated rings. The van der Waals surface area contributed by atoms with Gasteiger partial charge in [-0.25, -0.2) is 23.2 Å². The molecule has 10 heteroatoms. The molecule has 2 heterocycles. The van der Waals surface area contributed by atoms with Crippen molar-refractivity contribution in [1.82, 2.24) is 14.8 Å². The molecule has 0 aliphatic rings. The summed E-state index contributed by atoms with van der Waals surface area (Å²) in [4.78, 5) is 29.4. The Morgan fingerprint density at radius 1 is 1.06 bits per heavy atom. The molecule has 0 atom stereocenters. The summed E-state index contributed by atoms with van der Waals surface area (Å²) < 4.78 is 32.6. The van der Waals surface area contributed by atoms with Gasteiger partial charge >= 0.3 is 5.97 Å². The number of carbonyl (C=O) groups excluding carboxylic acids is 2. The fraction of sp³-hybridized carbons (Fsp3) is 0.120. The number of esters is 1. The Bertz CT molecular complexity index is 1380. The number of nitrogens with zero attached hydrogens (tertiary/aromatic N) is 3. The average molecular weight is 497 g/mol. The van der Waals surface area contributed by atoms with E-state index in [4.69, 9.17) is 16.3 Å². The lowest BCUT2D eigenvalue weighted by molar-refractivity contribution is 0.0518. The second kappa shape index (κ2) is 10.4. The lowest BCUT2D eigenvalue weighted by Gasteiger charge is -2.11. The molecular weight excluding hydrogens is 478 g/mol. The van der Waals surface area contributed by atoms with Gasteiger partial charge in [-0.05, 0) is 43.3 Å². The van der Waals surface area contributed by atoms with E-state index in [-0.39, 0.29) is 40.1 Å². The number of benzene rings is 2. The van der Waals surface area contributed by atoms with Crippen LogP contribution in [0, 0.1) is 0 Å². The minimum Gasteiger partial charge on any atom is -0.461 e. The van der Waals surface area contributed by atoms with Crippen molar-refractivity contribution in [2.75, 3.05) is 11.9 Å². The molecule has 0 saturated heterocycles. The number of ether oxygens (including phenoxy) is 1. The van der Waals surface area contributed by atoms with Crippen LogP contribution in [-0.4, -0.2) is 33.2 Å². The number of anilines is 1. The minimum atomic E-state index is -2.73. The van der Waals surface area contributed by atoms with Gasteiger partial charge in [0.1, 0.15) is 11.5 Å². The topological polar surface area (TPSA) is 86.1 Å². The van der Waals surface area contributed by atoms with Crippen molar-refractivity contribution in [1.29, 1.82) is 0 Å². The number of rotatable bonds is 7. The number of para-hydroxylation sites is 1. The second-order valence-corrected chi connectivity index (χ2v) is 7.69. The molecule has 2 aromatic heterocycles. The third kappa shape index (κ3) is 5.36. The van der Waals surface area contributed by atoms with Crippen molar-refractivity contribution in [2.24, 2.45) is 0 Å². The van der Waals surface area contributed by atoms with Gasteiger partial charge in [0, 0.05) is 11.6 Å². The summed E-state index contributed by atoms with van der Waals surface area (Å²) in [6.07, 6.45) is -2.73. The van der Waals surface area contributed by atoms with E-state index in [0.29, 0.717) is 11.3 Å². The second-order valence-electron chi connectivity index (χ2n) is 7.28. The fourth-order valence-electron chi connectivity index (χ4n) is 3.32. The highest BCUT2D eigenvalue weighted by atomic mass is 35.5. The molecule has 4 aromatic rings. The van der Waals surface area contributed by atoms with Gasteiger partial charge in [0.25, 0.3) is 12.3 Å². The van der Waals surface area contributed by atoms with Crippen LogP contribution in [0.1, 0.15) is 39.9 Å². The lowest BCUT2D eigenvalue weighted by Crippen LogP contribution is -2.15. The summed E-state index contributed by atoms with van der Waals surface area (Å²) in [5.74, 6) is -1.01. The van der Waals surface area contributed by atoms with Gasteiger partial charge in [0.15, 0.2) is 5.69 Å². The van der Waals surface area contributed by atoms with Crippen LogP contribution in [0.5, 0.6) is 0 Å². The molecule has 0 unspecified atom stereocenters. The average Bonchev–Trinajstić information content (AvgIpc) is 3.29. The maximum Gasteiger partial charge on any atom is 0.358 e. The summed E-state index contributed by atoms with van der Waals surface area (Å²) in [7, 11) is 0. The number of nitrogens with one attached hydrogen (secondary N) is 1. The third-order valence-electron chi connectivity index (χ3n) is 4.94. The van der Waals surface area contributed by atoms with Crippen molar-refractivity contribution in [3.05, 3.63) is 94.8 Å². The number of hydrogen-bond acceptors (Lipinski definition) is 5. The molecular formula is C25H19ClF2N4O3. The zero-order chi connectivity index (χ0) is 24.9. The van der Waals surface area contributed by atoms with Crippen molar-refractivity contribution in [3.63, 3.8) is 0 Å². The first-order valence-corrected chi connectivity index (χ1v) is 10.9. The fourth-order valence-corrected chi connectivity index (χ4v) is 3.52. The monoisotopic (exact) mass is 496 g/mol. The first kappa shape index (κ1) is 24.0. The van der Waals surface area contributed by atoms with E-state index >= 15 is 0 Å². The number of alkyl halides is 2. The molecule has 1 amide bonds. The third-order valence-corrected chi connectivity index (χ3v) is 5.27. The Labute approximate surface area is 204 Å². The van der Waals surface area contributed by atoms with Gasteiger partial charge in [-0.3, -0.25) is 4.79 Å². The predicted molar refractivity (Wildman–Crippen MR) is 127 cm³/mol. The summed E-state index contributed by atoms with van der Waals surface area (Å²) in [6.45, 7) is 1.84. The molecule has 1 N–H and O–H groups in total. The van der Waals surface area contributed by atoms with Crippen LogP contribution < -0.4 is 5.32 Å². The molecule has 2 aromatic carbocycles. The van der Waals surface area contributed by atoms with Gasteiger partial charge in [-0.1, -0.05) is 41.9 Å². The van der Waals surface area contributed by atoms with Crippen molar-refractivity contribution in [2.45, 2.75) is 13.3 Å². The van der Waals surface area contributed by atoms with E-state index < -0.39 is 18.3 Å². The summed E-state index contributed by atoms with van der Waals surface area (Å²) in [5.41, 5.74) is 1.04. The van der Waals surface area contributed by atoms with E-state index in [1.54, 1.807) is 43.3 Å². The van der Waals surface area contributed by atoms with Gasteiger partial charge in [0.2, 0.25) is 0 Å². The molecule has 0 saturated carbocycles. The standard InChI is InChI=1S/C25H19ClF2N4O3/c1-2-35-25(34)21-14-22(32(31-21)16-7-4-3-5-8-16)30-24(33)17-13-15(11-12-18(17)26)19-9-6-10-20(29-19)23(27)28/h3-14,23H,2H2,1H3,(H,30,33). The molecule has 178 valence electrons. The van der Waals surface area contributed by atoms with E-state index in [1.165, 1.54) is 35.0 Å². The van der Waals surface area contributed by atoms with Crippen molar-refractivity contribution in [3.8, 4) is 16.9 Å². The predicted octanol–water partition coefficient (Wildman–Crippen LogP) is 5.95. The molecule has 7 nitrogen and oxygen atoms in total. The Balaban J connectivity index is 1.69. The van der Waals surface area contributed by atoms with E-state index in [2.05, 4.69) is 15.4 Å². The van der Waals surface area contributed by atoms with Gasteiger partial charge in [0.05, 0.1) is 28.6 Å². The van der Waals surface area contributed by atoms with Crippen LogP contribution in [-0.2, 0) is 4.74 Å². The number of carbonyl (C=O) groups is 2. The van der Waals surface area contributed by atoms with Crippen LogP contribution in [0.25, 0.3) is 16.9 Å². The molecule has 0 aliphatic carbocycles. The number of halogens is 3. The van der Waals surface area contributed by atoms with E-state index in [9.17, 15) is 18.4 Å². The summed E-state index contributed by atoms with van der Waals surface area (Å²) >= 11 is 6.28. The molecule has 4 rings (SSSR count). The molecule has 0 aliphatic heterocycles. The van der Waals surface area contributed by atoms with Gasteiger partial charge in [-0.2, -0.15) is 5.10 Å². The molecule has 35 heavy (non-hydrogen) atoms. The van der Waals surface area contributed by atoms with Crippen molar-refractivity contribution < 1.29 is 23.1 Å². The highest BCUT2D eigenvalue weighted by Gasteiger charge is 2.20. The molecule has 0 spiro atoms. The number of hydrogen-bond donors (Lipinski definition) is 1. The number of amides is 1. The maximum absolute atomic E-state index is 13.2. The Hall–Kier alpha value is -4.11. The quantitative estimate of drug-likeness (QED) is 0.319. The Morgan fingerprint density at radius 3 is 2.54 bits per heavy atom. The van der Waals surface area contributed by atoms with Crippen LogP contribution in [0.3, 0.4) is 0 Å². The van der Waals surface area contributed by atoms with Crippen LogP contribution in [0.15, 0.2) is 72.8 Å². The SMILES string of the molecule is CCOC(=O)c1cc(NC(=O)c2cc(-c3cccc(C(F)F)n3)ccc2Cl)n(-c2ccccc2)n1. The van der Waals surface area contributed by atoms with Gasteiger partial charge in [-0.15, -0.1) is 0 Å². The van der Waals surface area contributed by atoms with Crippen LogP contribution >= 0.6 is 11.6 Å². The first-order valence-electron chi connectivity index (χ1n) is 10.6. The number of aromatic nitrogens is 3. The largest absolute Gasteiger partial charge is 0.461 e. The zero-order valence-corrected chi connectivity index (χ0v) is 19.2. The summed E-state index contributed by atoms with van der Waals surface area (Å²) in [5, 5.41) is 7.14. The van der Waals surface area contributed by atoms with E-state index in [0.717, 1.165) is 0 Å².